The first-order valence-electron chi connectivity index (χ1n) is 10.7. The van der Waals surface area contributed by atoms with Gasteiger partial charge in [0.1, 0.15) is 0 Å². The molecule has 12 nitrogen and oxygen atoms in total. The van der Waals surface area contributed by atoms with Gasteiger partial charge in [-0.15, -0.1) is 0 Å². The van der Waals surface area contributed by atoms with Crippen molar-refractivity contribution in [3.63, 3.8) is 0 Å². The summed E-state index contributed by atoms with van der Waals surface area (Å²) in [5.74, 6) is -3.12. The number of hydrogen-bond donors (Lipinski definition) is 4. The molecule has 1 aliphatic heterocycles. The maximum Gasteiger partial charge on any atom is 0.317 e. The van der Waals surface area contributed by atoms with E-state index in [2.05, 4.69) is 5.32 Å². The second-order valence-corrected chi connectivity index (χ2v) is 9.08. The molecule has 0 aromatic heterocycles. The average molecular weight is 548 g/mol. The first-order chi connectivity index (χ1) is 14.8. The van der Waals surface area contributed by atoms with Gasteiger partial charge in [0.2, 0.25) is 5.91 Å². The number of carbonyl (C=O) groups is 4. The summed E-state index contributed by atoms with van der Waals surface area (Å²) in [5.41, 5.74) is -0.387. The van der Waals surface area contributed by atoms with E-state index in [9.17, 15) is 34.5 Å². The summed E-state index contributed by atoms with van der Waals surface area (Å²) in [5, 5.41) is 30.5. The number of nitrogens with one attached hydrogen (secondary N) is 1. The number of aliphatic carboxylic acids is 3. The zero-order valence-electron chi connectivity index (χ0n) is 19.8. The van der Waals surface area contributed by atoms with Crippen molar-refractivity contribution in [3.05, 3.63) is 0 Å². The Bertz CT molecular complexity index is 627. The third kappa shape index (κ3) is 16.1. The minimum atomic E-state index is -0.998. The van der Waals surface area contributed by atoms with Gasteiger partial charge in [-0.25, -0.2) is 0 Å². The molecule has 1 radical (unpaired) electrons. The molecule has 1 rings (SSSR count). The van der Waals surface area contributed by atoms with E-state index in [0.29, 0.717) is 52.4 Å². The quantitative estimate of drug-likeness (QED) is 0.277. The zero-order chi connectivity index (χ0) is 24.3. The van der Waals surface area contributed by atoms with Crippen LogP contribution in [0.2, 0.25) is 0 Å². The molecule has 1 amide bonds. The van der Waals surface area contributed by atoms with Gasteiger partial charge < -0.3 is 20.6 Å². The molecule has 4 N–H and O–H groups in total. The number of rotatable bonds is 8. The Balaban J connectivity index is 0.0000102. The molecule has 0 saturated carbocycles. The van der Waals surface area contributed by atoms with Gasteiger partial charge in [0.05, 0.1) is 26.2 Å². The summed E-state index contributed by atoms with van der Waals surface area (Å²) in [6.45, 7) is 8.16. The topological polar surface area (TPSA) is 154 Å². The SMILES string of the molecule is CC(C)(C)NC(=O)CN1CCN(CC(=O)O)CCN(CC(=O)O)CCN(CC(=O)O)CC1.[Y]. The van der Waals surface area contributed by atoms with Crippen LogP contribution >= 0.6 is 0 Å². The fraction of sp³-hybridized carbons (Fsp3) is 0.800. The standard InChI is InChI=1S/C20H37N5O7.Y/c1-20(2,3)21-16(26)12-22-4-6-23(13-17(27)28)8-10-25(15-19(31)32)11-9-24(7-5-22)14-18(29)30;/h4-15H2,1-3H3,(H,21,26)(H,27,28)(H,29,30)(H,31,32);. The van der Waals surface area contributed by atoms with E-state index in [0.717, 1.165) is 0 Å². The fourth-order valence-corrected chi connectivity index (χ4v) is 3.45. The van der Waals surface area contributed by atoms with Crippen LogP contribution in [0.25, 0.3) is 0 Å². The Kier molecular flexibility index (Phi) is 15.1. The van der Waals surface area contributed by atoms with Crippen LogP contribution in [0.3, 0.4) is 0 Å². The fourth-order valence-electron chi connectivity index (χ4n) is 3.45. The minimum Gasteiger partial charge on any atom is -0.480 e. The Morgan fingerprint density at radius 3 is 1.06 bits per heavy atom. The molecular formula is C20H37N5O7Y. The third-order valence-corrected chi connectivity index (χ3v) is 4.89. The van der Waals surface area contributed by atoms with Crippen LogP contribution in [-0.4, -0.2) is 143 Å². The molecule has 1 heterocycles. The van der Waals surface area contributed by atoms with E-state index >= 15 is 0 Å². The van der Waals surface area contributed by atoms with Crippen LogP contribution in [-0.2, 0) is 51.9 Å². The minimum absolute atomic E-state index is 0. The molecular weight excluding hydrogens is 511 g/mol. The average Bonchev–Trinajstić information content (AvgIpc) is 2.61. The van der Waals surface area contributed by atoms with E-state index in [1.165, 1.54) is 0 Å². The third-order valence-electron chi connectivity index (χ3n) is 4.89. The summed E-state index contributed by atoms with van der Waals surface area (Å²) in [6, 6.07) is 0. The smallest absolute Gasteiger partial charge is 0.317 e. The van der Waals surface area contributed by atoms with Crippen molar-refractivity contribution >= 4 is 23.8 Å². The molecule has 0 unspecified atom stereocenters. The van der Waals surface area contributed by atoms with E-state index in [1.807, 2.05) is 25.7 Å². The van der Waals surface area contributed by atoms with Gasteiger partial charge in [-0.1, -0.05) is 0 Å². The van der Waals surface area contributed by atoms with Crippen LogP contribution in [0.5, 0.6) is 0 Å². The number of nitrogens with zero attached hydrogens (tertiary/aromatic N) is 4. The number of amides is 1. The predicted molar refractivity (Wildman–Crippen MR) is 117 cm³/mol. The maximum absolute atomic E-state index is 12.4. The molecule has 0 atom stereocenters. The Morgan fingerprint density at radius 1 is 0.606 bits per heavy atom. The molecule has 0 aromatic rings. The van der Waals surface area contributed by atoms with Crippen LogP contribution in [0.4, 0.5) is 0 Å². The number of carboxylic acids is 3. The number of hydrogen-bond acceptors (Lipinski definition) is 8. The first-order valence-corrected chi connectivity index (χ1v) is 10.7. The van der Waals surface area contributed by atoms with Gasteiger partial charge in [0.25, 0.3) is 0 Å². The Hall–Kier alpha value is -1.18. The van der Waals surface area contributed by atoms with E-state index < -0.39 is 17.9 Å². The second kappa shape index (κ2) is 15.7. The largest absolute Gasteiger partial charge is 0.480 e. The molecule has 33 heavy (non-hydrogen) atoms. The van der Waals surface area contributed by atoms with Crippen LogP contribution < -0.4 is 5.32 Å². The van der Waals surface area contributed by atoms with Crippen molar-refractivity contribution in [1.82, 2.24) is 24.9 Å². The molecule has 0 spiro atoms. The van der Waals surface area contributed by atoms with Crippen LogP contribution in [0, 0.1) is 0 Å². The summed E-state index contributed by atoms with van der Waals surface area (Å²) in [4.78, 5) is 53.2. The molecule has 1 saturated heterocycles. The van der Waals surface area contributed by atoms with Crippen molar-refractivity contribution in [2.24, 2.45) is 0 Å². The molecule has 187 valence electrons. The van der Waals surface area contributed by atoms with Crippen molar-refractivity contribution in [2.45, 2.75) is 26.3 Å². The molecule has 1 fully saturated rings. The van der Waals surface area contributed by atoms with Gasteiger partial charge in [0, 0.05) is 90.6 Å². The maximum atomic E-state index is 12.4. The molecule has 13 heteroatoms. The number of carboxylic acid groups (broad SMARTS) is 3. The van der Waals surface area contributed by atoms with Gasteiger partial charge >= 0.3 is 17.9 Å². The van der Waals surface area contributed by atoms with Crippen LogP contribution in [0.15, 0.2) is 0 Å². The van der Waals surface area contributed by atoms with Gasteiger partial charge in [-0.2, -0.15) is 0 Å². The van der Waals surface area contributed by atoms with E-state index in [1.54, 1.807) is 14.7 Å². The van der Waals surface area contributed by atoms with Crippen molar-refractivity contribution < 1.29 is 67.2 Å². The van der Waals surface area contributed by atoms with Crippen molar-refractivity contribution in [3.8, 4) is 0 Å². The Labute approximate surface area is 220 Å². The Morgan fingerprint density at radius 2 is 0.848 bits per heavy atom. The normalized spacial score (nSPS) is 18.4. The molecule has 0 bridgehead atoms. The molecule has 1 aliphatic rings. The van der Waals surface area contributed by atoms with Gasteiger partial charge in [-0.3, -0.25) is 38.8 Å². The molecule has 0 aliphatic carbocycles. The first kappa shape index (κ1) is 31.8. The van der Waals surface area contributed by atoms with Gasteiger partial charge in [0.15, 0.2) is 0 Å². The second-order valence-electron chi connectivity index (χ2n) is 9.08. The van der Waals surface area contributed by atoms with Crippen LogP contribution in [0.1, 0.15) is 20.8 Å². The summed E-state index contributed by atoms with van der Waals surface area (Å²) < 4.78 is 0. The van der Waals surface area contributed by atoms with Crippen molar-refractivity contribution in [2.75, 3.05) is 78.5 Å². The predicted octanol–water partition coefficient (Wildman–Crippen LogP) is -1.63. The van der Waals surface area contributed by atoms with Gasteiger partial charge in [-0.05, 0) is 20.8 Å². The number of carbonyl (C=O) groups excluding carboxylic acids is 1. The summed E-state index contributed by atoms with van der Waals surface area (Å²) in [6.07, 6.45) is 0. The van der Waals surface area contributed by atoms with Crippen molar-refractivity contribution in [1.29, 1.82) is 0 Å². The zero-order valence-corrected chi connectivity index (χ0v) is 22.7. The molecule has 0 aromatic carbocycles. The summed E-state index contributed by atoms with van der Waals surface area (Å²) in [7, 11) is 0. The van der Waals surface area contributed by atoms with E-state index in [4.69, 9.17) is 0 Å². The summed E-state index contributed by atoms with van der Waals surface area (Å²) >= 11 is 0. The van der Waals surface area contributed by atoms with E-state index in [-0.39, 0.29) is 70.3 Å². The monoisotopic (exact) mass is 548 g/mol.